The lowest BCUT2D eigenvalue weighted by molar-refractivity contribution is 0.461. The van der Waals surface area contributed by atoms with Crippen molar-refractivity contribution in [2.45, 2.75) is 44.5 Å². The van der Waals surface area contributed by atoms with Crippen LogP contribution in [0.25, 0.3) is 0 Å². The first-order valence-corrected chi connectivity index (χ1v) is 7.06. The van der Waals surface area contributed by atoms with E-state index in [1.165, 1.54) is 29.7 Å². The van der Waals surface area contributed by atoms with Crippen LogP contribution in [0, 0.1) is 6.92 Å². The number of nitrogens with zero attached hydrogens (tertiary/aromatic N) is 1. The molecule has 0 spiro atoms. The molecule has 0 aliphatic carbocycles. The Morgan fingerprint density at radius 1 is 1.56 bits per heavy atom. The molecule has 0 aromatic carbocycles. The van der Waals surface area contributed by atoms with E-state index in [1.54, 1.807) is 0 Å². The molecule has 0 bridgehead atoms. The lowest BCUT2D eigenvalue weighted by Crippen LogP contribution is -2.38. The van der Waals surface area contributed by atoms with Crippen molar-refractivity contribution >= 4 is 11.8 Å². The van der Waals surface area contributed by atoms with Gasteiger partial charge in [-0.15, -0.1) is 0 Å². The fourth-order valence-corrected chi connectivity index (χ4v) is 3.30. The maximum Gasteiger partial charge on any atom is 0.0300 e. The van der Waals surface area contributed by atoms with E-state index >= 15 is 0 Å². The molecule has 0 radical (unpaired) electrons. The SMILES string of the molecule is Cc1cnccc1CNC1CCCSC1C. The summed E-state index contributed by atoms with van der Waals surface area (Å²) in [6.07, 6.45) is 6.49. The zero-order valence-corrected chi connectivity index (χ0v) is 10.9. The van der Waals surface area contributed by atoms with Crippen molar-refractivity contribution in [3.63, 3.8) is 0 Å². The summed E-state index contributed by atoms with van der Waals surface area (Å²) in [7, 11) is 0. The fraction of sp³-hybridized carbons (Fsp3) is 0.615. The van der Waals surface area contributed by atoms with E-state index in [1.807, 2.05) is 12.4 Å². The van der Waals surface area contributed by atoms with Crippen molar-refractivity contribution in [1.29, 1.82) is 0 Å². The lowest BCUT2D eigenvalue weighted by atomic mass is 10.1. The average molecular weight is 236 g/mol. The van der Waals surface area contributed by atoms with E-state index in [0.717, 1.165) is 11.8 Å². The summed E-state index contributed by atoms with van der Waals surface area (Å²) in [6, 6.07) is 2.79. The molecule has 2 atom stereocenters. The number of thioether (sulfide) groups is 1. The van der Waals surface area contributed by atoms with Gasteiger partial charge in [-0.05, 0) is 42.7 Å². The van der Waals surface area contributed by atoms with Crippen LogP contribution < -0.4 is 5.32 Å². The molecule has 0 saturated carbocycles. The summed E-state index contributed by atoms with van der Waals surface area (Å²) >= 11 is 2.09. The van der Waals surface area contributed by atoms with Gasteiger partial charge in [0.2, 0.25) is 0 Å². The number of rotatable bonds is 3. The quantitative estimate of drug-likeness (QED) is 0.873. The van der Waals surface area contributed by atoms with E-state index in [9.17, 15) is 0 Å². The van der Waals surface area contributed by atoms with Gasteiger partial charge >= 0.3 is 0 Å². The van der Waals surface area contributed by atoms with Crippen molar-refractivity contribution in [1.82, 2.24) is 10.3 Å². The Morgan fingerprint density at radius 2 is 2.44 bits per heavy atom. The van der Waals surface area contributed by atoms with Gasteiger partial charge in [-0.1, -0.05) is 6.92 Å². The Labute approximate surface area is 102 Å². The van der Waals surface area contributed by atoms with Gasteiger partial charge in [-0.25, -0.2) is 0 Å². The minimum Gasteiger partial charge on any atom is -0.309 e. The fourth-order valence-electron chi connectivity index (χ4n) is 2.13. The minimum atomic E-state index is 0.673. The number of nitrogens with one attached hydrogen (secondary N) is 1. The molecule has 1 N–H and O–H groups in total. The maximum absolute atomic E-state index is 4.12. The maximum atomic E-state index is 4.12. The van der Waals surface area contributed by atoms with Crippen LogP contribution in [0.1, 0.15) is 30.9 Å². The molecule has 88 valence electrons. The van der Waals surface area contributed by atoms with Gasteiger partial charge < -0.3 is 5.32 Å². The van der Waals surface area contributed by atoms with Crippen molar-refractivity contribution < 1.29 is 0 Å². The highest BCUT2D eigenvalue weighted by Gasteiger charge is 2.20. The average Bonchev–Trinajstić information content (AvgIpc) is 2.30. The van der Waals surface area contributed by atoms with E-state index in [4.69, 9.17) is 0 Å². The highest BCUT2D eigenvalue weighted by molar-refractivity contribution is 7.99. The highest BCUT2D eigenvalue weighted by Crippen LogP contribution is 2.25. The molecule has 2 rings (SSSR count). The molecule has 2 heterocycles. The topological polar surface area (TPSA) is 24.9 Å². The molecule has 16 heavy (non-hydrogen) atoms. The third-order valence-corrected chi connectivity index (χ3v) is 4.68. The summed E-state index contributed by atoms with van der Waals surface area (Å²) in [5.74, 6) is 1.33. The van der Waals surface area contributed by atoms with Crippen LogP contribution >= 0.6 is 11.8 Å². The van der Waals surface area contributed by atoms with Gasteiger partial charge in [0, 0.05) is 30.2 Å². The molecular weight excluding hydrogens is 216 g/mol. The summed E-state index contributed by atoms with van der Waals surface area (Å²) in [6.45, 7) is 5.44. The normalized spacial score (nSPS) is 25.6. The second-order valence-electron chi connectivity index (χ2n) is 4.51. The molecule has 1 aliphatic heterocycles. The second-order valence-corrected chi connectivity index (χ2v) is 5.99. The predicted molar refractivity (Wildman–Crippen MR) is 70.8 cm³/mol. The Balaban J connectivity index is 1.89. The second kappa shape index (κ2) is 5.69. The van der Waals surface area contributed by atoms with Gasteiger partial charge in [0.05, 0.1) is 0 Å². The van der Waals surface area contributed by atoms with Crippen molar-refractivity contribution in [2.24, 2.45) is 0 Å². The van der Waals surface area contributed by atoms with Gasteiger partial charge in [0.15, 0.2) is 0 Å². The summed E-state index contributed by atoms with van der Waals surface area (Å²) in [5, 5.41) is 4.43. The van der Waals surface area contributed by atoms with Gasteiger partial charge in [0.25, 0.3) is 0 Å². The van der Waals surface area contributed by atoms with E-state index < -0.39 is 0 Å². The first-order valence-electron chi connectivity index (χ1n) is 6.02. The van der Waals surface area contributed by atoms with Gasteiger partial charge in [-0.3, -0.25) is 4.98 Å². The van der Waals surface area contributed by atoms with Crippen molar-refractivity contribution in [3.05, 3.63) is 29.6 Å². The molecule has 0 amide bonds. The van der Waals surface area contributed by atoms with E-state index in [-0.39, 0.29) is 0 Å². The van der Waals surface area contributed by atoms with E-state index in [2.05, 4.69) is 42.0 Å². The van der Waals surface area contributed by atoms with E-state index in [0.29, 0.717) is 6.04 Å². The van der Waals surface area contributed by atoms with Crippen LogP contribution in [0.15, 0.2) is 18.5 Å². The molecule has 2 nitrogen and oxygen atoms in total. The third-order valence-electron chi connectivity index (χ3n) is 3.30. The molecule has 1 saturated heterocycles. The number of hydrogen-bond donors (Lipinski definition) is 1. The molecule has 1 aromatic heterocycles. The summed E-state index contributed by atoms with van der Waals surface area (Å²) in [5.41, 5.74) is 2.66. The number of pyridine rings is 1. The van der Waals surface area contributed by atoms with Gasteiger partial charge in [0.1, 0.15) is 0 Å². The standard InChI is InChI=1S/C13H20N2S/c1-10-8-14-6-5-12(10)9-15-13-4-3-7-16-11(13)2/h5-6,8,11,13,15H,3-4,7,9H2,1-2H3. The minimum absolute atomic E-state index is 0.673. The monoisotopic (exact) mass is 236 g/mol. The third kappa shape index (κ3) is 2.98. The number of aromatic nitrogens is 1. The molecule has 2 unspecified atom stereocenters. The molecule has 1 fully saturated rings. The van der Waals surface area contributed by atoms with Crippen molar-refractivity contribution in [2.75, 3.05) is 5.75 Å². The van der Waals surface area contributed by atoms with Crippen LogP contribution in [-0.4, -0.2) is 22.0 Å². The largest absolute Gasteiger partial charge is 0.309 e. The first-order chi connectivity index (χ1) is 7.77. The molecule has 1 aliphatic rings. The lowest BCUT2D eigenvalue weighted by Gasteiger charge is -2.29. The van der Waals surface area contributed by atoms with Crippen LogP contribution in [0.4, 0.5) is 0 Å². The zero-order valence-electron chi connectivity index (χ0n) is 10.1. The molecular formula is C13H20N2S. The summed E-state index contributed by atoms with van der Waals surface area (Å²) < 4.78 is 0. The van der Waals surface area contributed by atoms with Crippen LogP contribution in [0.2, 0.25) is 0 Å². The molecule has 3 heteroatoms. The highest BCUT2D eigenvalue weighted by atomic mass is 32.2. The smallest absolute Gasteiger partial charge is 0.0300 e. The number of hydrogen-bond acceptors (Lipinski definition) is 3. The van der Waals surface area contributed by atoms with Gasteiger partial charge in [-0.2, -0.15) is 11.8 Å². The van der Waals surface area contributed by atoms with Crippen LogP contribution in [0.5, 0.6) is 0 Å². The first kappa shape index (κ1) is 11.9. The van der Waals surface area contributed by atoms with Crippen molar-refractivity contribution in [3.8, 4) is 0 Å². The van der Waals surface area contributed by atoms with Crippen LogP contribution in [-0.2, 0) is 6.54 Å². The Hall–Kier alpha value is -0.540. The van der Waals surface area contributed by atoms with Crippen LogP contribution in [0.3, 0.4) is 0 Å². The molecule has 1 aromatic rings. The Kier molecular flexibility index (Phi) is 4.24. The number of aryl methyl sites for hydroxylation is 1. The zero-order chi connectivity index (χ0) is 11.4. The summed E-state index contributed by atoms with van der Waals surface area (Å²) in [4.78, 5) is 4.12. The Morgan fingerprint density at radius 3 is 3.19 bits per heavy atom. The Bertz CT molecular complexity index is 340. The predicted octanol–water partition coefficient (Wildman–Crippen LogP) is 2.76.